The minimum absolute atomic E-state index is 0.0824. The molecule has 0 amide bonds. The van der Waals surface area contributed by atoms with E-state index in [1.165, 1.54) is 6.07 Å². The van der Waals surface area contributed by atoms with Gasteiger partial charge in [0.2, 0.25) is 0 Å². The molecule has 1 aromatic carbocycles. The average Bonchev–Trinajstić information content (AvgIpc) is 3.03. The number of carboxylic acid groups (broad SMARTS) is 2. The molecular weight excluding hydrogens is 288 g/mol. The van der Waals surface area contributed by atoms with E-state index >= 15 is 0 Å². The van der Waals surface area contributed by atoms with Crippen molar-refractivity contribution in [1.29, 1.82) is 0 Å². The molecule has 1 aliphatic carbocycles. The Balaban J connectivity index is 2.77. The van der Waals surface area contributed by atoms with Crippen LogP contribution < -0.4 is 0 Å². The van der Waals surface area contributed by atoms with Crippen molar-refractivity contribution in [2.24, 2.45) is 0 Å². The molecule has 1 fully saturated rings. The monoisotopic (exact) mass is 298 g/mol. The summed E-state index contributed by atoms with van der Waals surface area (Å²) < 4.78 is 0.525. The first-order chi connectivity index (χ1) is 7.93. The van der Waals surface area contributed by atoms with Crippen molar-refractivity contribution in [3.63, 3.8) is 0 Å². The first-order valence-electron chi connectivity index (χ1n) is 5.23. The van der Waals surface area contributed by atoms with Gasteiger partial charge in [0.15, 0.2) is 0 Å². The van der Waals surface area contributed by atoms with Gasteiger partial charge >= 0.3 is 11.9 Å². The molecular formula is C12H11BrO4. The second kappa shape index (κ2) is 4.14. The zero-order chi connectivity index (χ0) is 12.7. The summed E-state index contributed by atoms with van der Waals surface area (Å²) in [5.41, 5.74) is 1.30. The Morgan fingerprint density at radius 1 is 1.29 bits per heavy atom. The van der Waals surface area contributed by atoms with Gasteiger partial charge in [0.05, 0.1) is 11.1 Å². The molecule has 0 atom stereocenters. The zero-order valence-electron chi connectivity index (χ0n) is 9.16. The van der Waals surface area contributed by atoms with Gasteiger partial charge < -0.3 is 10.2 Å². The molecule has 4 nitrogen and oxygen atoms in total. The molecule has 0 radical (unpaired) electrons. The van der Waals surface area contributed by atoms with E-state index < -0.39 is 11.9 Å². The summed E-state index contributed by atoms with van der Waals surface area (Å²) in [4.78, 5) is 22.5. The number of aromatic carboxylic acids is 2. The van der Waals surface area contributed by atoms with E-state index in [0.717, 1.165) is 12.8 Å². The van der Waals surface area contributed by atoms with Crippen molar-refractivity contribution in [2.45, 2.75) is 25.7 Å². The minimum Gasteiger partial charge on any atom is -0.478 e. The SMILES string of the molecule is Cc1c(Br)cc(C(=O)O)c(C2CC2)c1C(=O)O. The first kappa shape index (κ1) is 12.1. The van der Waals surface area contributed by atoms with Crippen LogP contribution in [0.3, 0.4) is 0 Å². The van der Waals surface area contributed by atoms with E-state index in [4.69, 9.17) is 5.11 Å². The lowest BCUT2D eigenvalue weighted by molar-refractivity contribution is 0.0694. The third kappa shape index (κ3) is 2.07. The van der Waals surface area contributed by atoms with Crippen LogP contribution in [-0.2, 0) is 0 Å². The van der Waals surface area contributed by atoms with Gasteiger partial charge in [0.1, 0.15) is 0 Å². The predicted octanol–water partition coefficient (Wildman–Crippen LogP) is 3.03. The standard InChI is InChI=1S/C12H11BrO4/c1-5-8(13)4-7(11(14)15)10(6-2-3-6)9(5)12(16)17/h4,6H,2-3H2,1H3,(H,14,15)(H,16,17). The molecule has 17 heavy (non-hydrogen) atoms. The van der Waals surface area contributed by atoms with Crippen LogP contribution in [0.2, 0.25) is 0 Å². The molecule has 0 saturated heterocycles. The van der Waals surface area contributed by atoms with E-state index in [1.54, 1.807) is 6.92 Å². The van der Waals surface area contributed by atoms with E-state index in [0.29, 0.717) is 15.6 Å². The fraction of sp³-hybridized carbons (Fsp3) is 0.333. The lowest BCUT2D eigenvalue weighted by Gasteiger charge is -2.13. The normalized spacial score (nSPS) is 14.7. The van der Waals surface area contributed by atoms with Crippen molar-refractivity contribution in [2.75, 3.05) is 0 Å². The predicted molar refractivity (Wildman–Crippen MR) is 64.8 cm³/mol. The van der Waals surface area contributed by atoms with Gasteiger partial charge in [-0.1, -0.05) is 15.9 Å². The van der Waals surface area contributed by atoms with Crippen molar-refractivity contribution in [3.8, 4) is 0 Å². The van der Waals surface area contributed by atoms with Crippen molar-refractivity contribution < 1.29 is 19.8 Å². The number of carboxylic acids is 2. The quantitative estimate of drug-likeness (QED) is 0.899. The van der Waals surface area contributed by atoms with Gasteiger partial charge in [-0.15, -0.1) is 0 Å². The summed E-state index contributed by atoms with van der Waals surface area (Å²) in [6, 6.07) is 1.50. The van der Waals surface area contributed by atoms with Gasteiger partial charge in [0.25, 0.3) is 0 Å². The van der Waals surface area contributed by atoms with E-state index in [1.807, 2.05) is 0 Å². The van der Waals surface area contributed by atoms with Crippen LogP contribution >= 0.6 is 15.9 Å². The fourth-order valence-electron chi connectivity index (χ4n) is 2.02. The highest BCUT2D eigenvalue weighted by Gasteiger charge is 2.34. The fourth-order valence-corrected chi connectivity index (χ4v) is 2.44. The van der Waals surface area contributed by atoms with Crippen molar-refractivity contribution in [3.05, 3.63) is 32.8 Å². The molecule has 0 spiro atoms. The summed E-state index contributed by atoms with van der Waals surface area (Å²) in [5.74, 6) is -2.05. The smallest absolute Gasteiger partial charge is 0.336 e. The van der Waals surface area contributed by atoms with Gasteiger partial charge in [0, 0.05) is 4.47 Å². The first-order valence-corrected chi connectivity index (χ1v) is 6.02. The molecule has 0 aliphatic heterocycles. The Kier molecular flexibility index (Phi) is 2.95. The summed E-state index contributed by atoms with van der Waals surface area (Å²) in [7, 11) is 0. The van der Waals surface area contributed by atoms with Gasteiger partial charge in [-0.2, -0.15) is 0 Å². The molecule has 1 aromatic rings. The largest absolute Gasteiger partial charge is 0.478 e. The van der Waals surface area contributed by atoms with Crippen LogP contribution in [0.5, 0.6) is 0 Å². The maximum Gasteiger partial charge on any atom is 0.336 e. The summed E-state index contributed by atoms with van der Waals surface area (Å²) in [5, 5.41) is 18.4. The van der Waals surface area contributed by atoms with Crippen LogP contribution in [0.25, 0.3) is 0 Å². The van der Waals surface area contributed by atoms with Gasteiger partial charge in [-0.3, -0.25) is 0 Å². The molecule has 1 saturated carbocycles. The molecule has 0 aromatic heterocycles. The average molecular weight is 299 g/mol. The number of rotatable bonds is 3. The third-order valence-electron chi connectivity index (χ3n) is 2.99. The second-order valence-corrected chi connectivity index (χ2v) is 5.06. The molecule has 2 rings (SSSR count). The molecule has 0 unspecified atom stereocenters. The lowest BCUT2D eigenvalue weighted by atomic mass is 9.93. The molecule has 90 valence electrons. The van der Waals surface area contributed by atoms with Crippen LogP contribution in [0, 0.1) is 6.92 Å². The van der Waals surface area contributed by atoms with E-state index in [2.05, 4.69) is 15.9 Å². The summed E-state index contributed by atoms with van der Waals surface area (Å²) in [6.45, 7) is 1.69. The van der Waals surface area contributed by atoms with Gasteiger partial charge in [-0.25, -0.2) is 9.59 Å². The highest BCUT2D eigenvalue weighted by molar-refractivity contribution is 9.10. The Hall–Kier alpha value is -1.36. The number of benzene rings is 1. The van der Waals surface area contributed by atoms with Crippen LogP contribution in [0.15, 0.2) is 10.5 Å². The topological polar surface area (TPSA) is 74.6 Å². The van der Waals surface area contributed by atoms with Gasteiger partial charge in [-0.05, 0) is 42.9 Å². The molecule has 0 heterocycles. The Labute approximate surface area is 106 Å². The number of hydrogen-bond donors (Lipinski definition) is 2. The second-order valence-electron chi connectivity index (χ2n) is 4.20. The highest BCUT2D eigenvalue weighted by atomic mass is 79.9. The zero-order valence-corrected chi connectivity index (χ0v) is 10.7. The molecule has 2 N–H and O–H groups in total. The maximum absolute atomic E-state index is 11.3. The molecule has 1 aliphatic rings. The van der Waals surface area contributed by atoms with Crippen molar-refractivity contribution in [1.82, 2.24) is 0 Å². The van der Waals surface area contributed by atoms with Crippen molar-refractivity contribution >= 4 is 27.9 Å². The summed E-state index contributed by atoms with van der Waals surface area (Å²) >= 11 is 3.21. The Bertz CT molecular complexity index is 518. The van der Waals surface area contributed by atoms with Crippen LogP contribution in [-0.4, -0.2) is 22.2 Å². The highest BCUT2D eigenvalue weighted by Crippen LogP contribution is 2.45. The van der Waals surface area contributed by atoms with E-state index in [9.17, 15) is 14.7 Å². The molecule has 5 heteroatoms. The Morgan fingerprint density at radius 2 is 1.88 bits per heavy atom. The van der Waals surface area contributed by atoms with Crippen LogP contribution in [0.1, 0.15) is 50.6 Å². The molecule has 0 bridgehead atoms. The minimum atomic E-state index is -1.07. The maximum atomic E-state index is 11.3. The number of carbonyl (C=O) groups is 2. The lowest BCUT2D eigenvalue weighted by Crippen LogP contribution is -2.12. The summed E-state index contributed by atoms with van der Waals surface area (Å²) in [6.07, 6.45) is 1.73. The van der Waals surface area contributed by atoms with E-state index in [-0.39, 0.29) is 17.0 Å². The number of hydrogen-bond acceptors (Lipinski definition) is 2. The third-order valence-corrected chi connectivity index (χ3v) is 3.82. The van der Waals surface area contributed by atoms with Crippen LogP contribution in [0.4, 0.5) is 0 Å². The number of halogens is 1. The Morgan fingerprint density at radius 3 is 2.29 bits per heavy atom.